The summed E-state index contributed by atoms with van der Waals surface area (Å²) < 4.78 is 63.6. The number of alkyl halides is 5. The lowest BCUT2D eigenvalue weighted by Crippen LogP contribution is -2.26. The van der Waals surface area contributed by atoms with E-state index in [4.69, 9.17) is 0 Å². The number of ketones is 1. The Morgan fingerprint density at radius 2 is 1.44 bits per heavy atom. The van der Waals surface area contributed by atoms with Gasteiger partial charge in [-0.1, -0.05) is 18.2 Å². The fourth-order valence-electron chi connectivity index (χ4n) is 1.19. The van der Waals surface area contributed by atoms with E-state index in [2.05, 4.69) is 0 Å². The molecule has 1 aromatic rings. The van der Waals surface area contributed by atoms with E-state index >= 15 is 0 Å². The number of hydrogen-bond donors (Lipinski definition) is 0. The van der Waals surface area contributed by atoms with Crippen LogP contribution in [0, 0.1) is 0 Å². The van der Waals surface area contributed by atoms with E-state index in [0.29, 0.717) is 19.1 Å². The summed E-state index contributed by atoms with van der Waals surface area (Å²) >= 11 is 0. The zero-order valence-corrected chi connectivity index (χ0v) is 8.11. The summed E-state index contributed by atoms with van der Waals surface area (Å²) in [7, 11) is 0. The van der Waals surface area contributed by atoms with E-state index in [0.717, 1.165) is 12.1 Å². The molecule has 1 aromatic carbocycles. The number of rotatable bonds is 2. The first kappa shape index (κ1) is 12.6. The van der Waals surface area contributed by atoms with Gasteiger partial charge in [0.05, 0.1) is 5.56 Å². The Morgan fingerprint density at radius 1 is 1.00 bits per heavy atom. The van der Waals surface area contributed by atoms with Crippen molar-refractivity contribution >= 4 is 5.78 Å². The van der Waals surface area contributed by atoms with Crippen molar-refractivity contribution in [3.05, 3.63) is 35.4 Å². The van der Waals surface area contributed by atoms with Crippen LogP contribution >= 0.6 is 0 Å². The maximum atomic E-state index is 13.2. The largest absolute Gasteiger partial charge is 0.416 e. The highest BCUT2D eigenvalue weighted by Crippen LogP contribution is 2.39. The lowest BCUT2D eigenvalue weighted by atomic mass is 9.99. The lowest BCUT2D eigenvalue weighted by Gasteiger charge is -2.18. The van der Waals surface area contributed by atoms with Crippen molar-refractivity contribution in [1.82, 2.24) is 0 Å². The molecule has 1 nitrogen and oxygen atoms in total. The highest BCUT2D eigenvalue weighted by molar-refractivity contribution is 5.84. The molecule has 0 aliphatic rings. The Morgan fingerprint density at radius 3 is 1.81 bits per heavy atom. The van der Waals surface area contributed by atoms with E-state index in [1.54, 1.807) is 0 Å². The molecule has 0 aliphatic carbocycles. The molecular weight excluding hydrogens is 231 g/mol. The van der Waals surface area contributed by atoms with Gasteiger partial charge in [-0.25, -0.2) is 0 Å². The Hall–Kier alpha value is -1.46. The predicted molar refractivity (Wildman–Crippen MR) is 46.0 cm³/mol. The van der Waals surface area contributed by atoms with Crippen molar-refractivity contribution in [1.29, 1.82) is 0 Å². The van der Waals surface area contributed by atoms with Gasteiger partial charge >= 0.3 is 12.1 Å². The number of halogens is 5. The van der Waals surface area contributed by atoms with Crippen molar-refractivity contribution < 1.29 is 26.7 Å². The molecule has 0 heterocycles. The van der Waals surface area contributed by atoms with Gasteiger partial charge in [0.15, 0.2) is 0 Å². The minimum Gasteiger partial charge on any atom is -0.293 e. The Kier molecular flexibility index (Phi) is 3.03. The summed E-state index contributed by atoms with van der Waals surface area (Å²) in [4.78, 5) is 10.6. The third-order valence-electron chi connectivity index (χ3n) is 2.01. The summed E-state index contributed by atoms with van der Waals surface area (Å²) in [6, 6.07) is 3.14. The number of hydrogen-bond acceptors (Lipinski definition) is 1. The van der Waals surface area contributed by atoms with E-state index in [-0.39, 0.29) is 0 Å². The van der Waals surface area contributed by atoms with Crippen LogP contribution in [0.15, 0.2) is 24.3 Å². The van der Waals surface area contributed by atoms with Crippen molar-refractivity contribution in [2.45, 2.75) is 19.0 Å². The molecule has 6 heteroatoms. The second-order valence-electron chi connectivity index (χ2n) is 3.17. The van der Waals surface area contributed by atoms with Crippen molar-refractivity contribution in [2.75, 3.05) is 0 Å². The summed E-state index contributed by atoms with van der Waals surface area (Å²) in [5, 5.41) is 0. The van der Waals surface area contributed by atoms with E-state index in [1.807, 2.05) is 0 Å². The minimum absolute atomic E-state index is 0.520. The maximum absolute atomic E-state index is 13.2. The Labute approximate surface area is 87.9 Å². The van der Waals surface area contributed by atoms with Crippen LogP contribution in [-0.2, 0) is 16.9 Å². The Bertz CT molecular complexity index is 408. The fourth-order valence-corrected chi connectivity index (χ4v) is 1.19. The summed E-state index contributed by atoms with van der Waals surface area (Å²) in [6.07, 6.45) is -4.91. The third kappa shape index (κ3) is 2.20. The minimum atomic E-state index is -4.91. The molecule has 0 aliphatic heterocycles. The van der Waals surface area contributed by atoms with Gasteiger partial charge in [-0.15, -0.1) is 0 Å². The fraction of sp³-hybridized carbons (Fsp3) is 0.300. The van der Waals surface area contributed by atoms with Crippen molar-refractivity contribution in [2.24, 2.45) is 0 Å². The molecule has 16 heavy (non-hydrogen) atoms. The molecule has 0 fully saturated rings. The molecule has 1 rings (SSSR count). The smallest absolute Gasteiger partial charge is 0.293 e. The van der Waals surface area contributed by atoms with Gasteiger partial charge in [0.25, 0.3) is 0 Å². The molecule has 0 bridgehead atoms. The van der Waals surface area contributed by atoms with Crippen LogP contribution in [0.5, 0.6) is 0 Å². The monoisotopic (exact) mass is 238 g/mol. The molecule has 0 unspecified atom stereocenters. The van der Waals surface area contributed by atoms with Crippen LogP contribution < -0.4 is 0 Å². The van der Waals surface area contributed by atoms with Gasteiger partial charge in [-0.3, -0.25) is 4.79 Å². The summed E-state index contributed by atoms with van der Waals surface area (Å²) in [5.74, 6) is -5.74. The van der Waals surface area contributed by atoms with E-state index in [9.17, 15) is 26.7 Å². The lowest BCUT2D eigenvalue weighted by molar-refractivity contribution is -0.149. The quantitative estimate of drug-likeness (QED) is 0.722. The third-order valence-corrected chi connectivity index (χ3v) is 2.01. The van der Waals surface area contributed by atoms with Crippen LogP contribution in [0.25, 0.3) is 0 Å². The highest BCUT2D eigenvalue weighted by atomic mass is 19.4. The van der Waals surface area contributed by atoms with Gasteiger partial charge in [0.1, 0.15) is 0 Å². The molecular formula is C10H7F5O. The highest BCUT2D eigenvalue weighted by Gasteiger charge is 2.45. The number of carbonyl (C=O) groups is 1. The van der Waals surface area contributed by atoms with Gasteiger partial charge in [0.2, 0.25) is 5.78 Å². The van der Waals surface area contributed by atoms with Gasteiger partial charge in [0, 0.05) is 12.5 Å². The first-order valence-corrected chi connectivity index (χ1v) is 4.23. The first-order valence-electron chi connectivity index (χ1n) is 4.23. The van der Waals surface area contributed by atoms with Crippen LogP contribution in [0.2, 0.25) is 0 Å². The van der Waals surface area contributed by atoms with Crippen molar-refractivity contribution in [3.63, 3.8) is 0 Å². The molecule has 88 valence electrons. The standard InChI is InChI=1S/C10H7F5O/c1-6(16)9(11,12)7-4-2-3-5-8(7)10(13,14)15/h2-5H,1H3. The van der Waals surface area contributed by atoms with E-state index < -0.39 is 29.0 Å². The average molecular weight is 238 g/mol. The summed E-state index contributed by atoms with van der Waals surface area (Å²) in [5.41, 5.74) is -2.80. The SMILES string of the molecule is CC(=O)C(F)(F)c1ccccc1C(F)(F)F. The van der Waals surface area contributed by atoms with Crippen LogP contribution in [0.4, 0.5) is 22.0 Å². The molecule has 0 amide bonds. The maximum Gasteiger partial charge on any atom is 0.416 e. The first-order chi connectivity index (χ1) is 7.17. The molecule has 0 atom stereocenters. The topological polar surface area (TPSA) is 17.1 Å². The second-order valence-corrected chi connectivity index (χ2v) is 3.17. The van der Waals surface area contributed by atoms with Gasteiger partial charge in [-0.2, -0.15) is 22.0 Å². The summed E-state index contributed by atoms with van der Waals surface area (Å²) in [6.45, 7) is 0.549. The van der Waals surface area contributed by atoms with Gasteiger partial charge in [-0.05, 0) is 6.07 Å². The average Bonchev–Trinajstić information content (AvgIpc) is 2.16. The molecule has 0 radical (unpaired) electrons. The second kappa shape index (κ2) is 3.84. The van der Waals surface area contributed by atoms with E-state index in [1.165, 1.54) is 0 Å². The van der Waals surface area contributed by atoms with Crippen LogP contribution in [0.3, 0.4) is 0 Å². The zero-order valence-electron chi connectivity index (χ0n) is 8.11. The Balaban J connectivity index is 3.41. The van der Waals surface area contributed by atoms with Crippen molar-refractivity contribution in [3.8, 4) is 0 Å². The molecule has 0 saturated carbocycles. The normalized spacial score (nSPS) is 12.6. The predicted octanol–water partition coefficient (Wildman–Crippen LogP) is 3.39. The molecule has 0 aromatic heterocycles. The van der Waals surface area contributed by atoms with Crippen LogP contribution in [0.1, 0.15) is 18.1 Å². The molecule has 0 spiro atoms. The molecule has 0 saturated heterocycles. The zero-order chi connectivity index (χ0) is 12.6. The van der Waals surface area contributed by atoms with Gasteiger partial charge < -0.3 is 0 Å². The number of benzene rings is 1. The van der Waals surface area contributed by atoms with Crippen LogP contribution in [-0.4, -0.2) is 5.78 Å². The number of carbonyl (C=O) groups excluding carboxylic acids is 1. The number of Topliss-reactive ketones (excluding diaryl/α,β-unsaturated/α-hetero) is 1. The molecule has 0 N–H and O–H groups in total.